The molecule has 0 unspecified atom stereocenters. The fourth-order valence-electron chi connectivity index (χ4n) is 0.766. The van der Waals surface area contributed by atoms with Crippen molar-refractivity contribution in [3.05, 3.63) is 12.2 Å². The van der Waals surface area contributed by atoms with Gasteiger partial charge in [0.05, 0.1) is 13.2 Å². The lowest BCUT2D eigenvalue weighted by molar-refractivity contribution is -0.137. The molecule has 0 aliphatic carbocycles. The van der Waals surface area contributed by atoms with Crippen LogP contribution in [0.3, 0.4) is 0 Å². The maximum atomic E-state index is 11.8. The number of hydrogen-bond acceptors (Lipinski definition) is 5. The summed E-state index contributed by atoms with van der Waals surface area (Å²) < 4.78 is 26.4. The van der Waals surface area contributed by atoms with E-state index in [-0.39, 0.29) is 25.1 Å². The van der Waals surface area contributed by atoms with Gasteiger partial charge in [-0.2, -0.15) is 0 Å². The van der Waals surface area contributed by atoms with Crippen molar-refractivity contribution in [2.24, 2.45) is 0 Å². The van der Waals surface area contributed by atoms with Gasteiger partial charge in [-0.25, -0.2) is 4.79 Å². The molecule has 0 N–H and O–H groups in total. The molecule has 0 rings (SSSR count). The van der Waals surface area contributed by atoms with Gasteiger partial charge in [0.15, 0.2) is 6.35 Å². The van der Waals surface area contributed by atoms with Gasteiger partial charge in [0, 0.05) is 5.57 Å². The first-order valence-electron chi connectivity index (χ1n) is 4.66. The van der Waals surface area contributed by atoms with Gasteiger partial charge in [0.1, 0.15) is 0 Å². The molecule has 0 spiro atoms. The molecule has 88 valence electrons. The summed E-state index contributed by atoms with van der Waals surface area (Å²) in [4.78, 5) is 11.0. The van der Waals surface area contributed by atoms with E-state index in [0.29, 0.717) is 0 Å². The lowest BCUT2D eigenvalue weighted by Gasteiger charge is -2.16. The molecule has 15 heavy (non-hydrogen) atoms. The fourth-order valence-corrected chi connectivity index (χ4v) is 2.05. The molecule has 0 aliphatic heterocycles. The van der Waals surface area contributed by atoms with Crippen molar-refractivity contribution in [3.8, 4) is 0 Å². The SMILES string of the molecule is C=C(C)C(=O)OCP(=O)(OCC)OCC. The molecule has 6 heteroatoms. The van der Waals surface area contributed by atoms with Crippen LogP contribution in [0.25, 0.3) is 0 Å². The van der Waals surface area contributed by atoms with E-state index in [1.807, 2.05) is 0 Å². The topological polar surface area (TPSA) is 61.8 Å². The fraction of sp³-hybridized carbons (Fsp3) is 0.667. The molecule has 0 heterocycles. The summed E-state index contributed by atoms with van der Waals surface area (Å²) >= 11 is 0. The van der Waals surface area contributed by atoms with Crippen molar-refractivity contribution in [1.29, 1.82) is 0 Å². The Kier molecular flexibility index (Phi) is 6.48. The van der Waals surface area contributed by atoms with Gasteiger partial charge in [-0.1, -0.05) is 6.58 Å². The second-order valence-electron chi connectivity index (χ2n) is 2.79. The van der Waals surface area contributed by atoms with Crippen LogP contribution in [0.15, 0.2) is 12.2 Å². The lowest BCUT2D eigenvalue weighted by Crippen LogP contribution is -2.09. The Morgan fingerprint density at radius 3 is 2.07 bits per heavy atom. The van der Waals surface area contributed by atoms with E-state index in [1.54, 1.807) is 13.8 Å². The zero-order valence-corrected chi connectivity index (χ0v) is 10.2. The molecular formula is C9H17O5P. The van der Waals surface area contributed by atoms with Crippen LogP contribution in [-0.4, -0.2) is 25.5 Å². The smallest absolute Gasteiger partial charge is 0.367 e. The van der Waals surface area contributed by atoms with E-state index in [4.69, 9.17) is 13.8 Å². The third-order valence-electron chi connectivity index (χ3n) is 1.35. The molecule has 0 aliphatic rings. The Bertz CT molecular complexity index is 264. The van der Waals surface area contributed by atoms with Gasteiger partial charge < -0.3 is 13.8 Å². The van der Waals surface area contributed by atoms with Gasteiger partial charge in [-0.3, -0.25) is 4.57 Å². The molecule has 0 aromatic carbocycles. The van der Waals surface area contributed by atoms with Crippen molar-refractivity contribution in [3.63, 3.8) is 0 Å². The number of carbonyl (C=O) groups is 1. The van der Waals surface area contributed by atoms with Crippen LogP contribution in [0.1, 0.15) is 20.8 Å². The molecule has 0 atom stereocenters. The van der Waals surface area contributed by atoms with Crippen LogP contribution >= 0.6 is 7.60 Å². The molecule has 0 saturated heterocycles. The predicted octanol–water partition coefficient (Wildman–Crippen LogP) is 2.33. The third kappa shape index (κ3) is 5.72. The zero-order valence-electron chi connectivity index (χ0n) is 9.32. The van der Waals surface area contributed by atoms with Crippen molar-refractivity contribution < 1.29 is 23.1 Å². The summed E-state index contributed by atoms with van der Waals surface area (Å²) in [5, 5.41) is 0. The Labute approximate surface area is 89.9 Å². The van der Waals surface area contributed by atoms with Gasteiger partial charge in [-0.15, -0.1) is 0 Å². The standard InChI is InChI=1S/C9H17O5P/c1-5-13-15(11,14-6-2)7-12-9(10)8(3)4/h3,5-7H2,1-2,4H3. The van der Waals surface area contributed by atoms with Gasteiger partial charge in [-0.05, 0) is 20.8 Å². The first kappa shape index (κ1) is 14.4. The third-order valence-corrected chi connectivity index (χ3v) is 3.10. The van der Waals surface area contributed by atoms with Crippen LogP contribution < -0.4 is 0 Å². The van der Waals surface area contributed by atoms with E-state index in [2.05, 4.69) is 6.58 Å². The van der Waals surface area contributed by atoms with Crippen molar-refractivity contribution in [2.75, 3.05) is 19.6 Å². The highest BCUT2D eigenvalue weighted by molar-refractivity contribution is 7.53. The average Bonchev–Trinajstić information content (AvgIpc) is 2.15. The highest BCUT2D eigenvalue weighted by Crippen LogP contribution is 2.47. The van der Waals surface area contributed by atoms with Crippen molar-refractivity contribution in [1.82, 2.24) is 0 Å². The highest BCUT2D eigenvalue weighted by Gasteiger charge is 2.25. The number of carbonyl (C=O) groups excluding carboxylic acids is 1. The summed E-state index contributed by atoms with van der Waals surface area (Å²) in [7, 11) is -3.30. The van der Waals surface area contributed by atoms with Crippen LogP contribution in [-0.2, 0) is 23.1 Å². The maximum absolute atomic E-state index is 11.8. The largest absolute Gasteiger partial charge is 0.449 e. The van der Waals surface area contributed by atoms with E-state index >= 15 is 0 Å². The Hall–Kier alpha value is -0.640. The highest BCUT2D eigenvalue weighted by atomic mass is 31.2. The second kappa shape index (κ2) is 6.77. The van der Waals surface area contributed by atoms with Crippen LogP contribution in [0, 0.1) is 0 Å². The maximum Gasteiger partial charge on any atom is 0.367 e. The van der Waals surface area contributed by atoms with E-state index in [9.17, 15) is 9.36 Å². The predicted molar refractivity (Wildman–Crippen MR) is 56.6 cm³/mol. The minimum absolute atomic E-state index is 0.238. The number of rotatable bonds is 7. The molecule has 0 saturated carbocycles. The lowest BCUT2D eigenvalue weighted by atomic mass is 10.4. The molecule has 0 bridgehead atoms. The normalized spacial score (nSPS) is 11.1. The summed E-state index contributed by atoms with van der Waals surface area (Å²) in [6.07, 6.45) is -0.375. The summed E-state index contributed by atoms with van der Waals surface area (Å²) in [5.74, 6) is -0.602. The van der Waals surface area contributed by atoms with Gasteiger partial charge >= 0.3 is 13.6 Å². The molecule has 0 aromatic heterocycles. The van der Waals surface area contributed by atoms with Crippen LogP contribution in [0.2, 0.25) is 0 Å². The number of ether oxygens (including phenoxy) is 1. The zero-order chi connectivity index (χ0) is 11.9. The van der Waals surface area contributed by atoms with Crippen LogP contribution in [0.5, 0.6) is 0 Å². The Morgan fingerprint density at radius 1 is 1.27 bits per heavy atom. The molecule has 0 radical (unpaired) electrons. The van der Waals surface area contributed by atoms with E-state index in [0.717, 1.165) is 0 Å². The number of hydrogen-bond donors (Lipinski definition) is 0. The summed E-state index contributed by atoms with van der Waals surface area (Å²) in [5.41, 5.74) is 0.245. The Morgan fingerprint density at radius 2 is 1.73 bits per heavy atom. The van der Waals surface area contributed by atoms with Gasteiger partial charge in [0.25, 0.3) is 0 Å². The van der Waals surface area contributed by atoms with Crippen LogP contribution in [0.4, 0.5) is 0 Å². The summed E-state index contributed by atoms with van der Waals surface area (Å²) in [6.45, 7) is 8.76. The monoisotopic (exact) mass is 236 g/mol. The molecule has 0 fully saturated rings. The average molecular weight is 236 g/mol. The minimum atomic E-state index is -3.30. The molecule has 0 aromatic rings. The second-order valence-corrected chi connectivity index (χ2v) is 4.78. The minimum Gasteiger partial charge on any atom is -0.449 e. The molecule has 5 nitrogen and oxygen atoms in total. The number of esters is 1. The van der Waals surface area contributed by atoms with Crippen molar-refractivity contribution >= 4 is 13.6 Å². The first-order valence-corrected chi connectivity index (χ1v) is 6.38. The quantitative estimate of drug-likeness (QED) is 0.385. The molecular weight excluding hydrogens is 219 g/mol. The van der Waals surface area contributed by atoms with E-state index in [1.165, 1.54) is 6.92 Å². The molecule has 0 amide bonds. The Balaban J connectivity index is 4.24. The van der Waals surface area contributed by atoms with Gasteiger partial charge in [0.2, 0.25) is 0 Å². The summed E-state index contributed by atoms with van der Waals surface area (Å²) in [6, 6.07) is 0. The van der Waals surface area contributed by atoms with Crippen molar-refractivity contribution in [2.45, 2.75) is 20.8 Å². The first-order chi connectivity index (χ1) is 6.95. The van der Waals surface area contributed by atoms with E-state index < -0.39 is 13.6 Å².